The molecule has 1 saturated heterocycles. The number of hydrogen-bond donors (Lipinski definition) is 2. The second kappa shape index (κ2) is 8.74. The maximum atomic E-state index is 12.5. The molecule has 0 radical (unpaired) electrons. The SMILES string of the molecule is O=C(Nc1cccc(Cl)c1)N1CCN(c2cc(Nc3ccccn3)ncn2)CC1. The lowest BCUT2D eigenvalue weighted by Gasteiger charge is -2.35. The number of carbonyl (C=O) groups is 1. The van der Waals surface area contributed by atoms with Crippen LogP contribution >= 0.6 is 11.6 Å². The number of nitrogens with zero attached hydrogens (tertiary/aromatic N) is 5. The number of halogens is 1. The van der Waals surface area contributed by atoms with Gasteiger partial charge >= 0.3 is 6.03 Å². The normalized spacial score (nSPS) is 13.8. The van der Waals surface area contributed by atoms with Gasteiger partial charge in [0.15, 0.2) is 0 Å². The van der Waals surface area contributed by atoms with Gasteiger partial charge in [0.2, 0.25) is 0 Å². The Kier molecular flexibility index (Phi) is 5.71. The molecular weight excluding hydrogens is 390 g/mol. The van der Waals surface area contributed by atoms with E-state index < -0.39 is 0 Å². The first-order valence-electron chi connectivity index (χ1n) is 9.24. The molecule has 1 aromatic carbocycles. The molecule has 4 rings (SSSR count). The van der Waals surface area contributed by atoms with Crippen LogP contribution in [0.3, 0.4) is 0 Å². The molecule has 2 amide bonds. The van der Waals surface area contributed by atoms with Crippen LogP contribution in [0.15, 0.2) is 61.1 Å². The fraction of sp³-hybridized carbons (Fsp3) is 0.200. The quantitative estimate of drug-likeness (QED) is 0.684. The van der Waals surface area contributed by atoms with Crippen molar-refractivity contribution in [2.75, 3.05) is 41.7 Å². The van der Waals surface area contributed by atoms with Crippen molar-refractivity contribution in [2.24, 2.45) is 0 Å². The Morgan fingerprint density at radius 3 is 2.55 bits per heavy atom. The molecule has 2 aromatic heterocycles. The minimum Gasteiger partial charge on any atom is -0.353 e. The summed E-state index contributed by atoms with van der Waals surface area (Å²) < 4.78 is 0. The van der Waals surface area contributed by atoms with Gasteiger partial charge < -0.3 is 20.4 Å². The van der Waals surface area contributed by atoms with Crippen LogP contribution in [-0.2, 0) is 0 Å². The summed E-state index contributed by atoms with van der Waals surface area (Å²) in [5, 5.41) is 6.64. The molecule has 1 aliphatic rings. The second-order valence-electron chi connectivity index (χ2n) is 6.52. The zero-order valence-corrected chi connectivity index (χ0v) is 16.4. The lowest BCUT2D eigenvalue weighted by molar-refractivity contribution is 0.208. The molecule has 0 unspecified atom stereocenters. The van der Waals surface area contributed by atoms with Crippen molar-refractivity contribution < 1.29 is 4.79 Å². The van der Waals surface area contributed by atoms with Crippen molar-refractivity contribution in [1.82, 2.24) is 19.9 Å². The first-order valence-corrected chi connectivity index (χ1v) is 9.62. The smallest absolute Gasteiger partial charge is 0.321 e. The summed E-state index contributed by atoms with van der Waals surface area (Å²) in [4.78, 5) is 29.3. The van der Waals surface area contributed by atoms with Gasteiger partial charge in [-0.2, -0.15) is 0 Å². The molecule has 1 fully saturated rings. The first kappa shape index (κ1) is 18.9. The van der Waals surface area contributed by atoms with Crippen molar-refractivity contribution in [3.8, 4) is 0 Å². The Bertz CT molecular complexity index is 977. The molecule has 0 saturated carbocycles. The summed E-state index contributed by atoms with van der Waals surface area (Å²) in [5.74, 6) is 2.21. The summed E-state index contributed by atoms with van der Waals surface area (Å²) in [6.07, 6.45) is 3.25. The zero-order valence-electron chi connectivity index (χ0n) is 15.6. The maximum absolute atomic E-state index is 12.5. The number of amides is 2. The van der Waals surface area contributed by atoms with Gasteiger partial charge in [0, 0.05) is 49.2 Å². The summed E-state index contributed by atoms with van der Waals surface area (Å²) in [6, 6.07) is 14.5. The van der Waals surface area contributed by atoms with Crippen LogP contribution < -0.4 is 15.5 Å². The third kappa shape index (κ3) is 4.91. The monoisotopic (exact) mass is 409 g/mol. The van der Waals surface area contributed by atoms with E-state index in [9.17, 15) is 4.79 Å². The van der Waals surface area contributed by atoms with Crippen molar-refractivity contribution in [1.29, 1.82) is 0 Å². The van der Waals surface area contributed by atoms with E-state index in [0.29, 0.717) is 42.7 Å². The van der Waals surface area contributed by atoms with Crippen LogP contribution in [0, 0.1) is 0 Å². The molecule has 29 heavy (non-hydrogen) atoms. The van der Waals surface area contributed by atoms with Crippen molar-refractivity contribution in [3.05, 3.63) is 66.1 Å². The van der Waals surface area contributed by atoms with E-state index in [4.69, 9.17) is 11.6 Å². The van der Waals surface area contributed by atoms with Gasteiger partial charge in [-0.05, 0) is 30.3 Å². The number of pyridine rings is 1. The number of piperazine rings is 1. The third-order valence-corrected chi connectivity index (χ3v) is 4.78. The Morgan fingerprint density at radius 2 is 1.79 bits per heavy atom. The highest BCUT2D eigenvalue weighted by molar-refractivity contribution is 6.30. The Morgan fingerprint density at radius 1 is 0.931 bits per heavy atom. The van der Waals surface area contributed by atoms with Gasteiger partial charge in [0.25, 0.3) is 0 Å². The average Bonchev–Trinajstić information content (AvgIpc) is 2.75. The lowest BCUT2D eigenvalue weighted by Crippen LogP contribution is -2.50. The van der Waals surface area contributed by atoms with E-state index in [1.807, 2.05) is 36.4 Å². The molecule has 0 atom stereocenters. The zero-order chi connectivity index (χ0) is 20.1. The van der Waals surface area contributed by atoms with Crippen LogP contribution in [0.1, 0.15) is 0 Å². The van der Waals surface area contributed by atoms with Crippen LogP contribution in [0.2, 0.25) is 5.02 Å². The highest BCUT2D eigenvalue weighted by Crippen LogP contribution is 2.19. The molecule has 2 N–H and O–H groups in total. The van der Waals surface area contributed by atoms with Gasteiger partial charge in [-0.3, -0.25) is 0 Å². The standard InChI is InChI=1S/C20H20ClN7O/c21-15-4-3-5-16(12-15)25-20(29)28-10-8-27(9-11-28)19-13-18(23-14-24-19)26-17-6-1-2-7-22-17/h1-7,12-14H,8-11H2,(H,25,29)(H,22,23,24,26). The molecule has 3 heterocycles. The molecule has 1 aliphatic heterocycles. The Labute approximate surface area is 173 Å². The van der Waals surface area contributed by atoms with Gasteiger partial charge in [-0.1, -0.05) is 23.7 Å². The van der Waals surface area contributed by atoms with E-state index in [1.54, 1.807) is 23.2 Å². The Hall–Kier alpha value is -3.39. The third-order valence-electron chi connectivity index (χ3n) is 4.54. The van der Waals surface area contributed by atoms with Crippen molar-refractivity contribution >= 4 is 40.8 Å². The van der Waals surface area contributed by atoms with Gasteiger partial charge in [0.1, 0.15) is 23.8 Å². The molecule has 0 aliphatic carbocycles. The maximum Gasteiger partial charge on any atom is 0.321 e. The second-order valence-corrected chi connectivity index (χ2v) is 6.95. The predicted molar refractivity (Wildman–Crippen MR) is 114 cm³/mol. The van der Waals surface area contributed by atoms with Gasteiger partial charge in [0.05, 0.1) is 0 Å². The molecule has 8 nitrogen and oxygen atoms in total. The van der Waals surface area contributed by atoms with Crippen molar-refractivity contribution in [2.45, 2.75) is 0 Å². The van der Waals surface area contributed by atoms with Crippen molar-refractivity contribution in [3.63, 3.8) is 0 Å². The minimum absolute atomic E-state index is 0.132. The average molecular weight is 410 g/mol. The molecular formula is C20H20ClN7O. The molecule has 0 bridgehead atoms. The van der Waals surface area contributed by atoms with E-state index in [2.05, 4.69) is 30.5 Å². The van der Waals surface area contributed by atoms with E-state index in [-0.39, 0.29) is 6.03 Å². The van der Waals surface area contributed by atoms with E-state index >= 15 is 0 Å². The molecule has 9 heteroatoms. The number of benzene rings is 1. The van der Waals surface area contributed by atoms with E-state index in [0.717, 1.165) is 11.6 Å². The molecule has 0 spiro atoms. The number of rotatable bonds is 4. The summed E-state index contributed by atoms with van der Waals surface area (Å²) >= 11 is 5.97. The van der Waals surface area contributed by atoms with Crippen LogP contribution in [-0.4, -0.2) is 52.1 Å². The lowest BCUT2D eigenvalue weighted by atomic mass is 10.3. The number of aromatic nitrogens is 3. The fourth-order valence-corrected chi connectivity index (χ4v) is 3.25. The fourth-order valence-electron chi connectivity index (χ4n) is 3.06. The highest BCUT2D eigenvalue weighted by Gasteiger charge is 2.22. The van der Waals surface area contributed by atoms with Crippen LogP contribution in [0.4, 0.5) is 27.9 Å². The van der Waals surface area contributed by atoms with Crippen LogP contribution in [0.25, 0.3) is 0 Å². The Balaban J connectivity index is 1.34. The number of nitrogens with one attached hydrogen (secondary N) is 2. The molecule has 3 aromatic rings. The van der Waals surface area contributed by atoms with Gasteiger partial charge in [-0.15, -0.1) is 0 Å². The summed E-state index contributed by atoms with van der Waals surface area (Å²) in [7, 11) is 0. The number of urea groups is 1. The number of carbonyl (C=O) groups excluding carboxylic acids is 1. The summed E-state index contributed by atoms with van der Waals surface area (Å²) in [6.45, 7) is 2.56. The first-order chi connectivity index (χ1) is 14.2. The van der Waals surface area contributed by atoms with Crippen LogP contribution in [0.5, 0.6) is 0 Å². The van der Waals surface area contributed by atoms with Gasteiger partial charge in [-0.25, -0.2) is 19.7 Å². The number of hydrogen-bond acceptors (Lipinski definition) is 6. The predicted octanol–water partition coefficient (Wildman–Crippen LogP) is 3.62. The largest absolute Gasteiger partial charge is 0.353 e. The van der Waals surface area contributed by atoms with E-state index in [1.165, 1.54) is 6.33 Å². The molecule has 148 valence electrons. The highest BCUT2D eigenvalue weighted by atomic mass is 35.5. The topological polar surface area (TPSA) is 86.3 Å². The summed E-state index contributed by atoms with van der Waals surface area (Å²) in [5.41, 5.74) is 0.686. The minimum atomic E-state index is -0.132. The number of anilines is 4.